The predicted octanol–water partition coefficient (Wildman–Crippen LogP) is 1.19. The lowest BCUT2D eigenvalue weighted by Gasteiger charge is -2.02. The Kier molecular flexibility index (Phi) is 1.63. The van der Waals surface area contributed by atoms with E-state index in [1.54, 1.807) is 0 Å². The highest BCUT2D eigenvalue weighted by Crippen LogP contribution is 2.53. The second-order valence-corrected chi connectivity index (χ2v) is 3.33. The SMILES string of the molecule is CC(=O)CC1(C=O)CC1C. The van der Waals surface area contributed by atoms with Gasteiger partial charge in [-0.3, -0.25) is 4.79 Å². The summed E-state index contributed by atoms with van der Waals surface area (Å²) in [6, 6.07) is 0. The van der Waals surface area contributed by atoms with Crippen LogP contribution in [0.5, 0.6) is 0 Å². The van der Waals surface area contributed by atoms with Crippen molar-refractivity contribution in [1.29, 1.82) is 0 Å². The lowest BCUT2D eigenvalue weighted by molar-refractivity contribution is -0.122. The molecule has 0 bridgehead atoms. The summed E-state index contributed by atoms with van der Waals surface area (Å²) < 4.78 is 0. The van der Waals surface area contributed by atoms with Crippen LogP contribution < -0.4 is 0 Å². The standard InChI is InChI=1S/C8H12O2/c1-6-3-8(6,5-9)4-7(2)10/h5-6H,3-4H2,1-2H3. The summed E-state index contributed by atoms with van der Waals surface area (Å²) in [6.07, 6.45) is 2.28. The molecule has 2 nitrogen and oxygen atoms in total. The Balaban J connectivity index is 2.52. The van der Waals surface area contributed by atoms with E-state index in [4.69, 9.17) is 0 Å². The first kappa shape index (κ1) is 7.45. The van der Waals surface area contributed by atoms with E-state index in [1.165, 1.54) is 6.92 Å². The second-order valence-electron chi connectivity index (χ2n) is 3.33. The van der Waals surface area contributed by atoms with Crippen molar-refractivity contribution in [2.45, 2.75) is 26.7 Å². The molecule has 0 saturated heterocycles. The lowest BCUT2D eigenvalue weighted by Crippen LogP contribution is -2.09. The Hall–Kier alpha value is -0.660. The molecule has 0 aliphatic heterocycles. The zero-order valence-electron chi connectivity index (χ0n) is 6.39. The van der Waals surface area contributed by atoms with Gasteiger partial charge in [-0.1, -0.05) is 6.92 Å². The molecule has 10 heavy (non-hydrogen) atoms. The minimum Gasteiger partial charge on any atom is -0.303 e. The van der Waals surface area contributed by atoms with E-state index in [2.05, 4.69) is 0 Å². The number of carbonyl (C=O) groups is 2. The van der Waals surface area contributed by atoms with Crippen molar-refractivity contribution in [2.75, 3.05) is 0 Å². The van der Waals surface area contributed by atoms with E-state index >= 15 is 0 Å². The molecule has 0 radical (unpaired) electrons. The molecule has 1 saturated carbocycles. The van der Waals surface area contributed by atoms with Gasteiger partial charge in [0.1, 0.15) is 12.1 Å². The quantitative estimate of drug-likeness (QED) is 0.552. The predicted molar refractivity (Wildman–Crippen MR) is 37.6 cm³/mol. The second kappa shape index (κ2) is 2.19. The van der Waals surface area contributed by atoms with Crippen LogP contribution in [0.2, 0.25) is 0 Å². The Morgan fingerprint density at radius 2 is 2.30 bits per heavy atom. The summed E-state index contributed by atoms with van der Waals surface area (Å²) >= 11 is 0. The molecule has 0 aromatic heterocycles. The minimum atomic E-state index is -0.258. The van der Waals surface area contributed by atoms with Crippen LogP contribution >= 0.6 is 0 Å². The number of rotatable bonds is 3. The van der Waals surface area contributed by atoms with E-state index in [0.29, 0.717) is 12.3 Å². The topological polar surface area (TPSA) is 34.1 Å². The Bertz CT molecular complexity index is 174. The van der Waals surface area contributed by atoms with Gasteiger partial charge in [-0.2, -0.15) is 0 Å². The van der Waals surface area contributed by atoms with Crippen LogP contribution in [0.1, 0.15) is 26.7 Å². The average Bonchev–Trinajstić information content (AvgIpc) is 2.42. The highest BCUT2D eigenvalue weighted by Gasteiger charge is 2.51. The summed E-state index contributed by atoms with van der Waals surface area (Å²) in [4.78, 5) is 21.1. The molecule has 0 spiro atoms. The molecule has 0 amide bonds. The zero-order chi connectivity index (χ0) is 7.78. The maximum atomic E-state index is 10.6. The van der Waals surface area contributed by atoms with E-state index < -0.39 is 0 Å². The Labute approximate surface area is 60.6 Å². The van der Waals surface area contributed by atoms with Gasteiger partial charge in [-0.05, 0) is 19.3 Å². The molecule has 0 heterocycles. The summed E-state index contributed by atoms with van der Waals surface area (Å²) in [5, 5.41) is 0. The average molecular weight is 140 g/mol. The fraction of sp³-hybridized carbons (Fsp3) is 0.750. The van der Waals surface area contributed by atoms with Crippen LogP contribution in [-0.4, -0.2) is 12.1 Å². The molecule has 2 atom stereocenters. The molecule has 56 valence electrons. The van der Waals surface area contributed by atoms with Gasteiger partial charge in [0.15, 0.2) is 0 Å². The summed E-state index contributed by atoms with van der Waals surface area (Å²) in [5.41, 5.74) is -0.258. The highest BCUT2D eigenvalue weighted by atomic mass is 16.1. The summed E-state index contributed by atoms with van der Waals surface area (Å²) in [5.74, 6) is 0.547. The van der Waals surface area contributed by atoms with Crippen LogP contribution in [-0.2, 0) is 9.59 Å². The van der Waals surface area contributed by atoms with Crippen LogP contribution in [0.4, 0.5) is 0 Å². The Morgan fingerprint density at radius 3 is 2.40 bits per heavy atom. The maximum Gasteiger partial charge on any atom is 0.130 e. The molecule has 1 aliphatic rings. The van der Waals surface area contributed by atoms with Gasteiger partial charge < -0.3 is 4.79 Å². The number of ketones is 1. The van der Waals surface area contributed by atoms with Gasteiger partial charge in [-0.15, -0.1) is 0 Å². The molecule has 1 rings (SSSR count). The number of Topliss-reactive ketones (excluding diaryl/α,β-unsaturated/α-hetero) is 1. The number of carbonyl (C=O) groups excluding carboxylic acids is 2. The van der Waals surface area contributed by atoms with Gasteiger partial charge in [0.2, 0.25) is 0 Å². The van der Waals surface area contributed by atoms with Gasteiger partial charge in [-0.25, -0.2) is 0 Å². The molecule has 1 aliphatic carbocycles. The van der Waals surface area contributed by atoms with Gasteiger partial charge >= 0.3 is 0 Å². The largest absolute Gasteiger partial charge is 0.303 e. The van der Waals surface area contributed by atoms with Crippen molar-refractivity contribution in [1.82, 2.24) is 0 Å². The first-order chi connectivity index (χ1) is 4.60. The number of hydrogen-bond acceptors (Lipinski definition) is 2. The van der Waals surface area contributed by atoms with Gasteiger partial charge in [0.05, 0.1) is 0 Å². The third kappa shape index (κ3) is 1.11. The fourth-order valence-electron chi connectivity index (χ4n) is 1.43. The smallest absolute Gasteiger partial charge is 0.130 e. The normalized spacial score (nSPS) is 37.2. The zero-order valence-corrected chi connectivity index (χ0v) is 6.39. The molecular weight excluding hydrogens is 128 g/mol. The van der Waals surface area contributed by atoms with Crippen LogP contribution in [0.25, 0.3) is 0 Å². The van der Waals surface area contributed by atoms with Gasteiger partial charge in [0.25, 0.3) is 0 Å². The molecule has 2 heteroatoms. The lowest BCUT2D eigenvalue weighted by atomic mass is 9.99. The molecule has 0 aromatic carbocycles. The van der Waals surface area contributed by atoms with Crippen LogP contribution in [0, 0.1) is 11.3 Å². The van der Waals surface area contributed by atoms with E-state index in [9.17, 15) is 9.59 Å². The highest BCUT2D eigenvalue weighted by molar-refractivity contribution is 5.82. The molecule has 0 aromatic rings. The van der Waals surface area contributed by atoms with E-state index in [-0.39, 0.29) is 11.2 Å². The van der Waals surface area contributed by atoms with Gasteiger partial charge in [0, 0.05) is 11.8 Å². The third-order valence-corrected chi connectivity index (χ3v) is 2.32. The summed E-state index contributed by atoms with van der Waals surface area (Å²) in [6.45, 7) is 3.55. The fourth-order valence-corrected chi connectivity index (χ4v) is 1.43. The number of aldehydes is 1. The first-order valence-electron chi connectivity index (χ1n) is 3.56. The first-order valence-corrected chi connectivity index (χ1v) is 3.56. The van der Waals surface area contributed by atoms with Crippen molar-refractivity contribution < 1.29 is 9.59 Å². The Morgan fingerprint density at radius 1 is 1.80 bits per heavy atom. The van der Waals surface area contributed by atoms with Crippen LogP contribution in [0.15, 0.2) is 0 Å². The van der Waals surface area contributed by atoms with Crippen molar-refractivity contribution in [3.63, 3.8) is 0 Å². The molecule has 2 unspecified atom stereocenters. The minimum absolute atomic E-state index is 0.122. The van der Waals surface area contributed by atoms with Crippen molar-refractivity contribution >= 4 is 12.1 Å². The van der Waals surface area contributed by atoms with Crippen LogP contribution in [0.3, 0.4) is 0 Å². The monoisotopic (exact) mass is 140 g/mol. The maximum absolute atomic E-state index is 10.6. The van der Waals surface area contributed by atoms with Crippen molar-refractivity contribution in [3.05, 3.63) is 0 Å². The molecule has 0 N–H and O–H groups in total. The van der Waals surface area contributed by atoms with E-state index in [0.717, 1.165) is 12.7 Å². The third-order valence-electron chi connectivity index (χ3n) is 2.32. The molecule has 1 fully saturated rings. The molecular formula is C8H12O2. The summed E-state index contributed by atoms with van der Waals surface area (Å²) in [7, 11) is 0. The van der Waals surface area contributed by atoms with E-state index in [1.807, 2.05) is 6.92 Å². The van der Waals surface area contributed by atoms with Crippen molar-refractivity contribution in [2.24, 2.45) is 11.3 Å². The van der Waals surface area contributed by atoms with Crippen molar-refractivity contribution in [3.8, 4) is 0 Å². The number of hydrogen-bond donors (Lipinski definition) is 0.